The SMILES string of the molecule is O=C(CCc1ccc(Cl)s1)NC1(c2ccc(Br)cc2)CC1. The molecule has 1 heterocycles. The minimum absolute atomic E-state index is 0.111. The van der Waals surface area contributed by atoms with Crippen molar-refractivity contribution < 1.29 is 4.79 Å². The summed E-state index contributed by atoms with van der Waals surface area (Å²) in [5.74, 6) is 0.111. The van der Waals surface area contributed by atoms with Crippen LogP contribution >= 0.6 is 38.9 Å². The predicted molar refractivity (Wildman–Crippen MR) is 90.8 cm³/mol. The van der Waals surface area contributed by atoms with E-state index in [1.807, 2.05) is 24.3 Å². The summed E-state index contributed by atoms with van der Waals surface area (Å²) < 4.78 is 1.84. The predicted octanol–water partition coefficient (Wildman–Crippen LogP) is 4.90. The van der Waals surface area contributed by atoms with Gasteiger partial charge in [-0.1, -0.05) is 39.7 Å². The van der Waals surface area contributed by atoms with Gasteiger partial charge in [0.25, 0.3) is 0 Å². The molecule has 21 heavy (non-hydrogen) atoms. The first-order valence-corrected chi connectivity index (χ1v) is 8.87. The average Bonchev–Trinajstić information content (AvgIpc) is 3.11. The maximum Gasteiger partial charge on any atom is 0.221 e. The smallest absolute Gasteiger partial charge is 0.221 e. The van der Waals surface area contributed by atoms with Crippen LogP contribution in [0.15, 0.2) is 40.9 Å². The number of benzene rings is 1. The highest BCUT2D eigenvalue weighted by atomic mass is 79.9. The Labute approximate surface area is 141 Å². The van der Waals surface area contributed by atoms with Crippen molar-refractivity contribution in [2.24, 2.45) is 0 Å². The molecule has 0 radical (unpaired) electrons. The van der Waals surface area contributed by atoms with E-state index in [1.54, 1.807) is 11.3 Å². The van der Waals surface area contributed by atoms with Crippen molar-refractivity contribution in [2.75, 3.05) is 0 Å². The zero-order valence-electron chi connectivity index (χ0n) is 11.4. The highest BCUT2D eigenvalue weighted by Gasteiger charge is 2.45. The van der Waals surface area contributed by atoms with E-state index in [9.17, 15) is 4.79 Å². The molecule has 0 aliphatic heterocycles. The lowest BCUT2D eigenvalue weighted by atomic mass is 10.0. The summed E-state index contributed by atoms with van der Waals surface area (Å²) in [6.45, 7) is 0. The highest BCUT2D eigenvalue weighted by molar-refractivity contribution is 9.10. The molecule has 1 amide bonds. The zero-order chi connectivity index (χ0) is 14.9. The molecule has 2 nitrogen and oxygen atoms in total. The Hall–Kier alpha value is -0.840. The Morgan fingerprint density at radius 1 is 1.24 bits per heavy atom. The zero-order valence-corrected chi connectivity index (χ0v) is 14.5. The molecule has 0 spiro atoms. The standard InChI is InChI=1S/C16H15BrClNOS/c17-12-3-1-11(2-4-12)16(9-10-16)19-15(20)8-6-13-5-7-14(18)21-13/h1-5,7H,6,8-10H2,(H,19,20). The largest absolute Gasteiger partial charge is 0.347 e. The van der Waals surface area contributed by atoms with Gasteiger partial charge in [-0.15, -0.1) is 11.3 Å². The second kappa shape index (κ2) is 6.11. The van der Waals surface area contributed by atoms with Gasteiger partial charge in [-0.3, -0.25) is 4.79 Å². The van der Waals surface area contributed by atoms with Crippen LogP contribution in [0.5, 0.6) is 0 Å². The Balaban J connectivity index is 1.58. The van der Waals surface area contributed by atoms with Gasteiger partial charge in [0, 0.05) is 15.8 Å². The molecule has 1 saturated carbocycles. The number of amides is 1. The number of hydrogen-bond acceptors (Lipinski definition) is 2. The fraction of sp³-hybridized carbons (Fsp3) is 0.312. The van der Waals surface area contributed by atoms with Gasteiger partial charge in [-0.05, 0) is 49.1 Å². The molecule has 0 saturated heterocycles. The fourth-order valence-electron chi connectivity index (χ4n) is 2.43. The van der Waals surface area contributed by atoms with Gasteiger partial charge in [-0.2, -0.15) is 0 Å². The lowest BCUT2D eigenvalue weighted by Gasteiger charge is -2.18. The van der Waals surface area contributed by atoms with Crippen LogP contribution in [0.3, 0.4) is 0 Å². The fourth-order valence-corrected chi connectivity index (χ4v) is 3.78. The molecule has 0 bridgehead atoms. The van der Waals surface area contributed by atoms with Crippen molar-refractivity contribution >= 4 is 44.8 Å². The first kappa shape index (κ1) is 15.1. The molecule has 3 rings (SSSR count). The van der Waals surface area contributed by atoms with Crippen LogP contribution in [-0.2, 0) is 16.8 Å². The average molecular weight is 385 g/mol. The summed E-state index contributed by atoms with van der Waals surface area (Å²) in [6.07, 6.45) is 3.30. The van der Waals surface area contributed by atoms with Gasteiger partial charge in [0.1, 0.15) is 0 Å². The van der Waals surface area contributed by atoms with Gasteiger partial charge >= 0.3 is 0 Å². The van der Waals surface area contributed by atoms with Crippen molar-refractivity contribution in [2.45, 2.75) is 31.2 Å². The van der Waals surface area contributed by atoms with Gasteiger partial charge in [0.05, 0.1) is 9.88 Å². The van der Waals surface area contributed by atoms with Crippen LogP contribution in [-0.4, -0.2) is 5.91 Å². The third-order valence-electron chi connectivity index (χ3n) is 3.75. The molecule has 110 valence electrons. The van der Waals surface area contributed by atoms with Gasteiger partial charge < -0.3 is 5.32 Å². The Morgan fingerprint density at radius 2 is 1.95 bits per heavy atom. The van der Waals surface area contributed by atoms with Crippen LogP contribution < -0.4 is 5.32 Å². The number of halogens is 2. The molecular formula is C16H15BrClNOS. The third kappa shape index (κ3) is 3.68. The maximum atomic E-state index is 12.2. The van der Waals surface area contributed by atoms with Crippen molar-refractivity contribution in [3.8, 4) is 0 Å². The summed E-state index contributed by atoms with van der Waals surface area (Å²) in [4.78, 5) is 13.3. The maximum absolute atomic E-state index is 12.2. The molecule has 0 atom stereocenters. The molecule has 0 unspecified atom stereocenters. The van der Waals surface area contributed by atoms with E-state index >= 15 is 0 Å². The summed E-state index contributed by atoms with van der Waals surface area (Å²) in [7, 11) is 0. The number of rotatable bonds is 5. The number of hydrogen-bond donors (Lipinski definition) is 1. The lowest BCUT2D eigenvalue weighted by molar-refractivity contribution is -0.122. The monoisotopic (exact) mass is 383 g/mol. The van der Waals surface area contributed by atoms with Crippen LogP contribution in [0.1, 0.15) is 29.7 Å². The summed E-state index contributed by atoms with van der Waals surface area (Å²) in [5, 5.41) is 3.20. The number of carbonyl (C=O) groups excluding carboxylic acids is 1. The number of nitrogens with one attached hydrogen (secondary N) is 1. The van der Waals surface area contributed by atoms with Crippen LogP contribution in [0.4, 0.5) is 0 Å². The molecule has 1 aliphatic rings. The highest BCUT2D eigenvalue weighted by Crippen LogP contribution is 2.45. The summed E-state index contributed by atoms with van der Waals surface area (Å²) >= 11 is 10.9. The lowest BCUT2D eigenvalue weighted by Crippen LogP contribution is -2.34. The van der Waals surface area contributed by atoms with Gasteiger partial charge in [0.15, 0.2) is 0 Å². The molecule has 5 heteroatoms. The third-order valence-corrected chi connectivity index (χ3v) is 5.57. The van der Waals surface area contributed by atoms with Crippen molar-refractivity contribution in [1.29, 1.82) is 0 Å². The van der Waals surface area contributed by atoms with Crippen LogP contribution in [0.2, 0.25) is 4.34 Å². The second-order valence-corrected chi connectivity index (χ2v) is 8.06. The minimum atomic E-state index is -0.134. The normalized spacial score (nSPS) is 15.7. The molecular weight excluding hydrogens is 370 g/mol. The van der Waals surface area contributed by atoms with Gasteiger partial charge in [0.2, 0.25) is 5.91 Å². The quantitative estimate of drug-likeness (QED) is 0.780. The first-order chi connectivity index (χ1) is 10.1. The minimum Gasteiger partial charge on any atom is -0.347 e. The molecule has 1 aromatic heterocycles. The Morgan fingerprint density at radius 3 is 2.52 bits per heavy atom. The van der Waals surface area contributed by atoms with Crippen molar-refractivity contribution in [1.82, 2.24) is 5.32 Å². The van der Waals surface area contributed by atoms with E-state index in [-0.39, 0.29) is 11.4 Å². The summed E-state index contributed by atoms with van der Waals surface area (Å²) in [6, 6.07) is 12.1. The number of carbonyl (C=O) groups is 1. The molecule has 1 fully saturated rings. The van der Waals surface area contributed by atoms with Crippen molar-refractivity contribution in [3.05, 3.63) is 55.6 Å². The Bertz CT molecular complexity index is 649. The van der Waals surface area contributed by atoms with Gasteiger partial charge in [-0.25, -0.2) is 0 Å². The van der Waals surface area contributed by atoms with E-state index in [4.69, 9.17) is 11.6 Å². The Kier molecular flexibility index (Phi) is 4.38. The first-order valence-electron chi connectivity index (χ1n) is 6.89. The van der Waals surface area contributed by atoms with E-state index in [1.165, 1.54) is 5.56 Å². The van der Waals surface area contributed by atoms with Crippen molar-refractivity contribution in [3.63, 3.8) is 0 Å². The molecule has 1 N–H and O–H groups in total. The summed E-state index contributed by atoms with van der Waals surface area (Å²) in [5.41, 5.74) is 1.06. The molecule has 1 aliphatic carbocycles. The molecule has 2 aromatic rings. The number of thiophene rings is 1. The number of aryl methyl sites for hydroxylation is 1. The van der Waals surface area contributed by atoms with E-state index in [2.05, 4.69) is 33.4 Å². The van der Waals surface area contributed by atoms with E-state index < -0.39 is 0 Å². The second-order valence-electron chi connectivity index (χ2n) is 5.34. The van der Waals surface area contributed by atoms with E-state index in [0.717, 1.165) is 32.9 Å². The molecule has 1 aromatic carbocycles. The van der Waals surface area contributed by atoms with Crippen LogP contribution in [0, 0.1) is 0 Å². The topological polar surface area (TPSA) is 29.1 Å². The van der Waals surface area contributed by atoms with Crippen LogP contribution in [0.25, 0.3) is 0 Å². The van der Waals surface area contributed by atoms with E-state index in [0.29, 0.717) is 6.42 Å².